The van der Waals surface area contributed by atoms with Crippen LogP contribution in [0.2, 0.25) is 0 Å². The molecule has 0 radical (unpaired) electrons. The molecule has 2 rings (SSSR count). The molecule has 2 unspecified atom stereocenters. The van der Waals surface area contributed by atoms with Gasteiger partial charge in [0.25, 0.3) is 0 Å². The zero-order valence-corrected chi connectivity index (χ0v) is 11.0. The lowest BCUT2D eigenvalue weighted by Gasteiger charge is -2.32. The lowest BCUT2D eigenvalue weighted by Crippen LogP contribution is -2.40. The van der Waals surface area contributed by atoms with E-state index in [-0.39, 0.29) is 0 Å². The quantitative estimate of drug-likeness (QED) is 0.741. The molecule has 0 aromatic heterocycles. The number of hydrogen-bond donors (Lipinski definition) is 1. The highest BCUT2D eigenvalue weighted by Crippen LogP contribution is 2.31. The van der Waals surface area contributed by atoms with Crippen molar-refractivity contribution in [3.05, 3.63) is 0 Å². The molecule has 1 aliphatic carbocycles. The van der Waals surface area contributed by atoms with Crippen LogP contribution in [-0.4, -0.2) is 37.1 Å². The molecule has 1 saturated carbocycles. The highest BCUT2D eigenvalue weighted by atomic mass is 15.2. The Balaban J connectivity index is 1.89. The molecule has 1 heterocycles. The fourth-order valence-electron chi connectivity index (χ4n) is 3.67. The van der Waals surface area contributed by atoms with Crippen LogP contribution in [0.25, 0.3) is 0 Å². The molecule has 94 valence electrons. The van der Waals surface area contributed by atoms with E-state index in [9.17, 15) is 0 Å². The molecule has 0 bridgehead atoms. The first-order chi connectivity index (χ1) is 7.83. The number of nitrogens with zero attached hydrogens (tertiary/aromatic N) is 1. The molecule has 1 N–H and O–H groups in total. The SMILES string of the molecule is CNCC1CCN(C2CCCCCC2)C1C. The average molecular weight is 224 g/mol. The van der Waals surface area contributed by atoms with E-state index in [1.54, 1.807) is 0 Å². The van der Waals surface area contributed by atoms with Gasteiger partial charge in [0.05, 0.1) is 0 Å². The van der Waals surface area contributed by atoms with Crippen LogP contribution in [0, 0.1) is 5.92 Å². The van der Waals surface area contributed by atoms with Gasteiger partial charge in [0, 0.05) is 12.1 Å². The van der Waals surface area contributed by atoms with E-state index in [0.717, 1.165) is 18.0 Å². The van der Waals surface area contributed by atoms with Crippen LogP contribution < -0.4 is 5.32 Å². The van der Waals surface area contributed by atoms with Gasteiger partial charge in [-0.25, -0.2) is 0 Å². The second-order valence-corrected chi connectivity index (χ2v) is 5.73. The second kappa shape index (κ2) is 6.02. The van der Waals surface area contributed by atoms with Gasteiger partial charge in [-0.15, -0.1) is 0 Å². The molecule has 2 atom stereocenters. The van der Waals surface area contributed by atoms with Crippen molar-refractivity contribution in [2.75, 3.05) is 20.1 Å². The third-order valence-electron chi connectivity index (χ3n) is 4.72. The van der Waals surface area contributed by atoms with Crippen LogP contribution in [0.1, 0.15) is 51.9 Å². The summed E-state index contributed by atoms with van der Waals surface area (Å²) in [6.45, 7) is 4.99. The Bertz CT molecular complexity index is 197. The first-order valence-electron chi connectivity index (χ1n) is 7.23. The molecule has 0 spiro atoms. The van der Waals surface area contributed by atoms with Crippen molar-refractivity contribution >= 4 is 0 Å². The third kappa shape index (κ3) is 2.78. The van der Waals surface area contributed by atoms with Crippen LogP contribution in [0.15, 0.2) is 0 Å². The highest BCUT2D eigenvalue weighted by Gasteiger charge is 2.34. The Hall–Kier alpha value is -0.0800. The standard InChI is InChI=1S/C14H28N2/c1-12-13(11-15-2)9-10-16(12)14-7-5-3-4-6-8-14/h12-15H,3-11H2,1-2H3. The Morgan fingerprint density at radius 2 is 1.75 bits per heavy atom. The van der Waals surface area contributed by atoms with Crippen LogP contribution >= 0.6 is 0 Å². The molecule has 1 aliphatic heterocycles. The van der Waals surface area contributed by atoms with Crippen LogP contribution in [0.3, 0.4) is 0 Å². The molecule has 0 amide bonds. The summed E-state index contributed by atoms with van der Waals surface area (Å²) < 4.78 is 0. The van der Waals surface area contributed by atoms with E-state index in [2.05, 4.69) is 24.2 Å². The molecular formula is C14H28N2. The van der Waals surface area contributed by atoms with Crippen LogP contribution in [-0.2, 0) is 0 Å². The maximum absolute atomic E-state index is 3.35. The van der Waals surface area contributed by atoms with E-state index in [1.165, 1.54) is 58.0 Å². The number of nitrogens with one attached hydrogen (secondary N) is 1. The first kappa shape index (κ1) is 12.4. The van der Waals surface area contributed by atoms with E-state index >= 15 is 0 Å². The lowest BCUT2D eigenvalue weighted by atomic mass is 10.0. The van der Waals surface area contributed by atoms with Crippen LogP contribution in [0.4, 0.5) is 0 Å². The third-order valence-corrected chi connectivity index (χ3v) is 4.72. The maximum atomic E-state index is 3.35. The van der Waals surface area contributed by atoms with Crippen LogP contribution in [0.5, 0.6) is 0 Å². The molecule has 2 heteroatoms. The summed E-state index contributed by atoms with van der Waals surface area (Å²) in [7, 11) is 2.08. The Morgan fingerprint density at radius 1 is 1.06 bits per heavy atom. The van der Waals surface area contributed by atoms with Crippen molar-refractivity contribution in [3.8, 4) is 0 Å². The predicted octanol–water partition coefficient (Wildman–Crippen LogP) is 2.64. The fourth-order valence-corrected chi connectivity index (χ4v) is 3.67. The van der Waals surface area contributed by atoms with E-state index < -0.39 is 0 Å². The summed E-state index contributed by atoms with van der Waals surface area (Å²) in [6, 6.07) is 1.70. The average Bonchev–Trinajstić information content (AvgIpc) is 2.55. The Morgan fingerprint density at radius 3 is 2.38 bits per heavy atom. The minimum absolute atomic E-state index is 0.801. The normalized spacial score (nSPS) is 34.1. The summed E-state index contributed by atoms with van der Waals surface area (Å²) in [6.07, 6.45) is 10.2. The van der Waals surface area contributed by atoms with Crippen molar-refractivity contribution in [2.45, 2.75) is 64.0 Å². The summed E-state index contributed by atoms with van der Waals surface area (Å²) >= 11 is 0. The summed E-state index contributed by atoms with van der Waals surface area (Å²) in [5.74, 6) is 0.883. The molecule has 1 saturated heterocycles. The minimum Gasteiger partial charge on any atom is -0.319 e. The zero-order valence-electron chi connectivity index (χ0n) is 11.0. The fraction of sp³-hybridized carbons (Fsp3) is 1.00. The van der Waals surface area contributed by atoms with Gasteiger partial charge >= 0.3 is 0 Å². The monoisotopic (exact) mass is 224 g/mol. The summed E-state index contributed by atoms with van der Waals surface area (Å²) in [5, 5.41) is 3.35. The maximum Gasteiger partial charge on any atom is 0.0111 e. The van der Waals surface area contributed by atoms with Gasteiger partial charge in [-0.1, -0.05) is 25.7 Å². The molecule has 0 aromatic carbocycles. The van der Waals surface area contributed by atoms with Crippen molar-refractivity contribution in [1.82, 2.24) is 10.2 Å². The van der Waals surface area contributed by atoms with Crippen molar-refractivity contribution in [2.24, 2.45) is 5.92 Å². The van der Waals surface area contributed by atoms with Gasteiger partial charge in [-0.2, -0.15) is 0 Å². The van der Waals surface area contributed by atoms with E-state index in [0.29, 0.717) is 0 Å². The van der Waals surface area contributed by atoms with E-state index in [4.69, 9.17) is 0 Å². The van der Waals surface area contributed by atoms with Gasteiger partial charge in [0.15, 0.2) is 0 Å². The van der Waals surface area contributed by atoms with Crippen molar-refractivity contribution in [1.29, 1.82) is 0 Å². The summed E-state index contributed by atoms with van der Waals surface area (Å²) in [5.41, 5.74) is 0. The molecule has 2 aliphatic rings. The predicted molar refractivity (Wildman–Crippen MR) is 69.7 cm³/mol. The number of likely N-dealkylation sites (tertiary alicyclic amines) is 1. The highest BCUT2D eigenvalue weighted by molar-refractivity contribution is 4.89. The lowest BCUT2D eigenvalue weighted by molar-refractivity contribution is 0.157. The van der Waals surface area contributed by atoms with Gasteiger partial charge in [-0.3, -0.25) is 4.90 Å². The Kier molecular flexibility index (Phi) is 4.66. The molecule has 2 fully saturated rings. The zero-order chi connectivity index (χ0) is 11.4. The topological polar surface area (TPSA) is 15.3 Å². The Labute approximate surface area is 101 Å². The van der Waals surface area contributed by atoms with Gasteiger partial charge in [-0.05, 0) is 52.2 Å². The van der Waals surface area contributed by atoms with Crippen molar-refractivity contribution in [3.63, 3.8) is 0 Å². The van der Waals surface area contributed by atoms with Gasteiger partial charge < -0.3 is 5.32 Å². The molecule has 2 nitrogen and oxygen atoms in total. The first-order valence-corrected chi connectivity index (χ1v) is 7.23. The molecule has 16 heavy (non-hydrogen) atoms. The summed E-state index contributed by atoms with van der Waals surface area (Å²) in [4.78, 5) is 2.81. The molecular weight excluding hydrogens is 196 g/mol. The minimum atomic E-state index is 0.801. The molecule has 0 aromatic rings. The van der Waals surface area contributed by atoms with Crippen molar-refractivity contribution < 1.29 is 0 Å². The number of hydrogen-bond acceptors (Lipinski definition) is 2. The second-order valence-electron chi connectivity index (χ2n) is 5.73. The smallest absolute Gasteiger partial charge is 0.0111 e. The number of rotatable bonds is 3. The largest absolute Gasteiger partial charge is 0.319 e. The van der Waals surface area contributed by atoms with E-state index in [1.807, 2.05) is 0 Å². The van der Waals surface area contributed by atoms with Gasteiger partial charge in [0.1, 0.15) is 0 Å². The van der Waals surface area contributed by atoms with Gasteiger partial charge in [0.2, 0.25) is 0 Å².